The number of hydrogen-bond acceptors (Lipinski definition) is 5. The first-order chi connectivity index (χ1) is 11.7. The lowest BCUT2D eigenvalue weighted by molar-refractivity contribution is 0.369. The summed E-state index contributed by atoms with van der Waals surface area (Å²) >= 11 is 1.75. The van der Waals surface area contributed by atoms with Crippen LogP contribution in [0, 0.1) is 6.92 Å². The fourth-order valence-corrected chi connectivity index (χ4v) is 3.80. The number of rotatable bonds is 3. The summed E-state index contributed by atoms with van der Waals surface area (Å²) in [6.45, 7) is 8.15. The van der Waals surface area contributed by atoms with Gasteiger partial charge in [0.25, 0.3) is 0 Å². The van der Waals surface area contributed by atoms with Crippen LogP contribution in [0.5, 0.6) is 0 Å². The van der Waals surface area contributed by atoms with Crippen LogP contribution in [0.4, 0.5) is 0 Å². The van der Waals surface area contributed by atoms with E-state index in [0.29, 0.717) is 5.82 Å². The monoisotopic (exact) mass is 334 g/mol. The van der Waals surface area contributed by atoms with Crippen molar-refractivity contribution in [2.75, 3.05) is 6.54 Å². The number of thiophene rings is 1. The summed E-state index contributed by atoms with van der Waals surface area (Å²) in [5, 5.41) is 2.17. The van der Waals surface area contributed by atoms with Crippen molar-refractivity contribution in [2.24, 2.45) is 0 Å². The highest BCUT2D eigenvalue weighted by Gasteiger charge is 2.21. The molecule has 24 heavy (non-hydrogen) atoms. The lowest BCUT2D eigenvalue weighted by Crippen LogP contribution is -2.29. The smallest absolute Gasteiger partial charge is 0.178 e. The third-order valence-electron chi connectivity index (χ3n) is 4.22. The van der Waals surface area contributed by atoms with Crippen molar-refractivity contribution in [3.8, 4) is 11.5 Å². The van der Waals surface area contributed by atoms with Crippen molar-refractivity contribution in [1.29, 1.82) is 0 Å². The fourth-order valence-electron chi connectivity index (χ4n) is 2.90. The quantitative estimate of drug-likeness (QED) is 0.727. The molecule has 0 radical (unpaired) electrons. The van der Waals surface area contributed by atoms with Gasteiger partial charge in [-0.3, -0.25) is 4.98 Å². The molecule has 1 aliphatic heterocycles. The van der Waals surface area contributed by atoms with E-state index in [1.807, 2.05) is 24.4 Å². The second kappa shape index (κ2) is 6.17. The second-order valence-electron chi connectivity index (χ2n) is 5.99. The van der Waals surface area contributed by atoms with Gasteiger partial charge in [-0.05, 0) is 36.1 Å². The zero-order chi connectivity index (χ0) is 16.5. The molecule has 0 saturated carbocycles. The molecular formula is C19H18N4S. The van der Waals surface area contributed by atoms with Crippen LogP contribution in [0.2, 0.25) is 0 Å². The lowest BCUT2D eigenvalue weighted by atomic mass is 10.1. The first-order valence-electron chi connectivity index (χ1n) is 7.96. The molecule has 3 aromatic heterocycles. The van der Waals surface area contributed by atoms with Gasteiger partial charge in [-0.25, -0.2) is 9.97 Å². The summed E-state index contributed by atoms with van der Waals surface area (Å²) in [5.74, 6) is 0.704. The zero-order valence-corrected chi connectivity index (χ0v) is 14.4. The molecule has 0 spiro atoms. The number of nitrogens with zero attached hydrogens (tertiary/aromatic N) is 4. The standard InChI is InChI=1S/C19H18N4S/c1-13-9-18(24-12-13)14(2)23-8-6-16-15(11-23)10-21-19(22-16)17-5-3-4-7-20-17/h3-5,7,9-10,12H,2,6,8,11H2,1H3. The number of hydrogen-bond donors (Lipinski definition) is 0. The fraction of sp³-hybridized carbons (Fsp3) is 0.211. The maximum absolute atomic E-state index is 4.73. The highest BCUT2D eigenvalue weighted by atomic mass is 32.1. The highest BCUT2D eigenvalue weighted by Crippen LogP contribution is 2.29. The van der Waals surface area contributed by atoms with Crippen LogP contribution in [-0.2, 0) is 13.0 Å². The van der Waals surface area contributed by atoms with Crippen molar-refractivity contribution in [2.45, 2.75) is 19.9 Å². The van der Waals surface area contributed by atoms with Crippen LogP contribution in [-0.4, -0.2) is 26.4 Å². The average molecular weight is 334 g/mol. The summed E-state index contributed by atoms with van der Waals surface area (Å²) < 4.78 is 0. The number of fused-ring (bicyclic) bond motifs is 1. The largest absolute Gasteiger partial charge is 0.366 e. The van der Waals surface area contributed by atoms with Gasteiger partial charge in [0.05, 0.1) is 10.6 Å². The average Bonchev–Trinajstić information content (AvgIpc) is 3.07. The first-order valence-corrected chi connectivity index (χ1v) is 8.84. The van der Waals surface area contributed by atoms with Crippen LogP contribution < -0.4 is 0 Å². The molecule has 1 aliphatic rings. The zero-order valence-electron chi connectivity index (χ0n) is 13.6. The molecule has 0 aromatic carbocycles. The van der Waals surface area contributed by atoms with Gasteiger partial charge in [0.1, 0.15) is 5.69 Å². The van der Waals surface area contributed by atoms with Crippen LogP contribution in [0.3, 0.4) is 0 Å². The Balaban J connectivity index is 1.57. The third-order valence-corrected chi connectivity index (χ3v) is 5.32. The van der Waals surface area contributed by atoms with E-state index in [4.69, 9.17) is 4.98 Å². The van der Waals surface area contributed by atoms with E-state index in [2.05, 4.69) is 39.8 Å². The summed E-state index contributed by atoms with van der Waals surface area (Å²) in [7, 11) is 0. The minimum atomic E-state index is 0.704. The van der Waals surface area contributed by atoms with Gasteiger partial charge in [0.15, 0.2) is 5.82 Å². The molecule has 4 nitrogen and oxygen atoms in total. The van der Waals surface area contributed by atoms with Gasteiger partial charge in [-0.1, -0.05) is 12.6 Å². The molecule has 0 amide bonds. The maximum atomic E-state index is 4.73. The van der Waals surface area contributed by atoms with Crippen molar-refractivity contribution in [3.63, 3.8) is 0 Å². The van der Waals surface area contributed by atoms with E-state index in [1.54, 1.807) is 17.5 Å². The molecular weight excluding hydrogens is 316 g/mol. The van der Waals surface area contributed by atoms with E-state index in [9.17, 15) is 0 Å². The molecule has 5 heteroatoms. The normalized spacial score (nSPS) is 13.6. The Bertz CT molecular complexity index is 885. The van der Waals surface area contributed by atoms with Gasteiger partial charge < -0.3 is 4.90 Å². The Morgan fingerprint density at radius 3 is 2.96 bits per heavy atom. The van der Waals surface area contributed by atoms with Crippen molar-refractivity contribution >= 4 is 17.0 Å². The Labute approximate surface area is 145 Å². The molecule has 0 saturated heterocycles. The summed E-state index contributed by atoms with van der Waals surface area (Å²) in [5.41, 5.74) is 5.50. The predicted molar refractivity (Wildman–Crippen MR) is 97.5 cm³/mol. The molecule has 120 valence electrons. The number of aryl methyl sites for hydroxylation is 1. The van der Waals surface area contributed by atoms with Crippen molar-refractivity contribution < 1.29 is 0 Å². The predicted octanol–water partition coefficient (Wildman–Crippen LogP) is 3.94. The molecule has 0 fully saturated rings. The summed E-state index contributed by atoms with van der Waals surface area (Å²) in [6, 6.07) is 8.00. The van der Waals surface area contributed by atoms with Crippen molar-refractivity contribution in [3.05, 3.63) is 70.3 Å². The van der Waals surface area contributed by atoms with Crippen LogP contribution in [0.25, 0.3) is 17.2 Å². The summed E-state index contributed by atoms with van der Waals surface area (Å²) in [6.07, 6.45) is 4.61. The molecule has 0 aliphatic carbocycles. The summed E-state index contributed by atoms with van der Waals surface area (Å²) in [4.78, 5) is 17.1. The van der Waals surface area contributed by atoms with Crippen LogP contribution in [0.1, 0.15) is 21.7 Å². The van der Waals surface area contributed by atoms with Gasteiger partial charge >= 0.3 is 0 Å². The van der Waals surface area contributed by atoms with E-state index >= 15 is 0 Å². The van der Waals surface area contributed by atoms with Gasteiger partial charge in [0, 0.05) is 43.2 Å². The topological polar surface area (TPSA) is 41.9 Å². The first kappa shape index (κ1) is 15.0. The molecule has 3 aromatic rings. The van der Waals surface area contributed by atoms with Crippen LogP contribution in [0.15, 0.2) is 48.6 Å². The molecule has 0 atom stereocenters. The minimum absolute atomic E-state index is 0.704. The Kier molecular flexibility index (Phi) is 3.86. The third kappa shape index (κ3) is 2.83. The molecule has 4 rings (SSSR count). The van der Waals surface area contributed by atoms with Gasteiger partial charge in [-0.2, -0.15) is 0 Å². The second-order valence-corrected chi connectivity index (χ2v) is 6.90. The minimum Gasteiger partial charge on any atom is -0.366 e. The molecule has 4 heterocycles. The number of aromatic nitrogens is 3. The Morgan fingerprint density at radius 1 is 1.29 bits per heavy atom. The highest BCUT2D eigenvalue weighted by molar-refractivity contribution is 7.11. The van der Waals surface area contributed by atoms with E-state index in [-0.39, 0.29) is 0 Å². The van der Waals surface area contributed by atoms with Crippen LogP contribution >= 0.6 is 11.3 Å². The van der Waals surface area contributed by atoms with E-state index < -0.39 is 0 Å². The van der Waals surface area contributed by atoms with E-state index in [1.165, 1.54) is 16.0 Å². The SMILES string of the molecule is C=C(c1cc(C)cs1)N1CCc2nc(-c3ccccn3)ncc2C1. The van der Waals surface area contributed by atoms with Crippen molar-refractivity contribution in [1.82, 2.24) is 19.9 Å². The lowest BCUT2D eigenvalue weighted by Gasteiger charge is -2.31. The molecule has 0 bridgehead atoms. The molecule has 0 unspecified atom stereocenters. The van der Waals surface area contributed by atoms with Gasteiger partial charge in [-0.15, -0.1) is 11.3 Å². The number of pyridine rings is 1. The molecule has 0 N–H and O–H groups in total. The van der Waals surface area contributed by atoms with Gasteiger partial charge in [0.2, 0.25) is 0 Å². The maximum Gasteiger partial charge on any atom is 0.178 e. The Morgan fingerprint density at radius 2 is 2.21 bits per heavy atom. The Hall–Kier alpha value is -2.53. The van der Waals surface area contributed by atoms with E-state index in [0.717, 1.165) is 36.6 Å².